The smallest absolute Gasteiger partial charge is 0.276 e. The summed E-state index contributed by atoms with van der Waals surface area (Å²) in [6.07, 6.45) is 5.05. The summed E-state index contributed by atoms with van der Waals surface area (Å²) in [5.41, 5.74) is 0.660. The second-order valence-corrected chi connectivity index (χ2v) is 7.00. The molecule has 0 bridgehead atoms. The van der Waals surface area contributed by atoms with Gasteiger partial charge in [-0.25, -0.2) is 4.98 Å². The van der Waals surface area contributed by atoms with Gasteiger partial charge in [-0.05, 0) is 12.8 Å². The zero-order valence-corrected chi connectivity index (χ0v) is 14.5. The number of carbonyl (C=O) groups excluding carboxylic acids is 1. The van der Waals surface area contributed by atoms with E-state index >= 15 is 0 Å². The normalized spacial score (nSPS) is 22.6. The second-order valence-electron chi connectivity index (χ2n) is 7.00. The fourth-order valence-corrected chi connectivity index (χ4v) is 4.07. The number of aromatic nitrogens is 3. The van der Waals surface area contributed by atoms with E-state index in [0.717, 1.165) is 31.7 Å². The van der Waals surface area contributed by atoms with E-state index in [1.807, 2.05) is 0 Å². The van der Waals surface area contributed by atoms with Crippen molar-refractivity contribution in [3.8, 4) is 0 Å². The Morgan fingerprint density at radius 3 is 2.50 bits per heavy atom. The molecular formula is C17H21N5O4. The molecule has 0 saturated carbocycles. The number of fused-ring (bicyclic) bond motifs is 1. The summed E-state index contributed by atoms with van der Waals surface area (Å²) in [6, 6.07) is 0. The zero-order valence-electron chi connectivity index (χ0n) is 14.5. The summed E-state index contributed by atoms with van der Waals surface area (Å²) >= 11 is 0. The van der Waals surface area contributed by atoms with Crippen LogP contribution in [0.2, 0.25) is 0 Å². The molecule has 5 heterocycles. The molecule has 1 spiro atoms. The molecule has 2 aromatic heterocycles. The van der Waals surface area contributed by atoms with Crippen LogP contribution in [-0.2, 0) is 9.47 Å². The molecule has 3 aliphatic rings. The number of carbonyl (C=O) groups is 1. The molecule has 0 aromatic carbocycles. The van der Waals surface area contributed by atoms with Gasteiger partial charge in [-0.3, -0.25) is 4.79 Å². The van der Waals surface area contributed by atoms with E-state index in [4.69, 9.17) is 14.0 Å². The number of anilines is 1. The maximum atomic E-state index is 13.1. The average molecular weight is 359 g/mol. The minimum absolute atomic E-state index is 0.146. The minimum atomic E-state index is -0.507. The van der Waals surface area contributed by atoms with Gasteiger partial charge in [0.25, 0.3) is 11.6 Å². The summed E-state index contributed by atoms with van der Waals surface area (Å²) in [5.74, 6) is 0.0897. The van der Waals surface area contributed by atoms with Crippen molar-refractivity contribution in [3.05, 3.63) is 12.0 Å². The summed E-state index contributed by atoms with van der Waals surface area (Å²) in [4.78, 5) is 25.6. The van der Waals surface area contributed by atoms with E-state index in [9.17, 15) is 4.79 Å². The van der Waals surface area contributed by atoms with Gasteiger partial charge in [-0.15, -0.1) is 0 Å². The van der Waals surface area contributed by atoms with E-state index < -0.39 is 5.79 Å². The Bertz CT molecular complexity index is 816. The van der Waals surface area contributed by atoms with Crippen LogP contribution in [0.1, 0.15) is 36.2 Å². The lowest BCUT2D eigenvalue weighted by Crippen LogP contribution is -2.47. The number of nitrogens with zero attached hydrogens (tertiary/aromatic N) is 5. The van der Waals surface area contributed by atoms with Crippen molar-refractivity contribution in [3.63, 3.8) is 0 Å². The fourth-order valence-electron chi connectivity index (χ4n) is 4.07. The Morgan fingerprint density at radius 2 is 1.77 bits per heavy atom. The lowest BCUT2D eigenvalue weighted by atomic mass is 10.0. The van der Waals surface area contributed by atoms with Gasteiger partial charge < -0.3 is 23.8 Å². The summed E-state index contributed by atoms with van der Waals surface area (Å²) in [7, 11) is 0. The molecule has 3 fully saturated rings. The number of piperidine rings is 1. The average Bonchev–Trinajstić information content (AvgIpc) is 3.42. The third-order valence-corrected chi connectivity index (χ3v) is 5.49. The molecule has 5 rings (SSSR count). The molecule has 2 aromatic rings. The maximum Gasteiger partial charge on any atom is 0.276 e. The van der Waals surface area contributed by atoms with E-state index in [1.54, 1.807) is 4.90 Å². The minimum Gasteiger partial charge on any atom is -0.356 e. The number of rotatable bonds is 2. The van der Waals surface area contributed by atoms with E-state index in [-0.39, 0.29) is 5.91 Å². The number of ether oxygens (including phenoxy) is 2. The van der Waals surface area contributed by atoms with Crippen molar-refractivity contribution in [2.75, 3.05) is 44.3 Å². The molecule has 0 N–H and O–H groups in total. The summed E-state index contributed by atoms with van der Waals surface area (Å²) < 4.78 is 16.8. The van der Waals surface area contributed by atoms with Gasteiger partial charge in [-0.2, -0.15) is 4.98 Å². The first-order valence-electron chi connectivity index (χ1n) is 9.18. The van der Waals surface area contributed by atoms with E-state index in [0.29, 0.717) is 55.9 Å². The number of hydrogen-bond acceptors (Lipinski definition) is 8. The van der Waals surface area contributed by atoms with Crippen molar-refractivity contribution in [2.45, 2.75) is 31.5 Å². The van der Waals surface area contributed by atoms with Gasteiger partial charge in [0.1, 0.15) is 17.5 Å². The maximum absolute atomic E-state index is 13.1. The van der Waals surface area contributed by atoms with Crippen LogP contribution in [0.5, 0.6) is 0 Å². The second kappa shape index (κ2) is 6.17. The molecule has 26 heavy (non-hydrogen) atoms. The predicted octanol–water partition coefficient (Wildman–Crippen LogP) is 1.20. The highest BCUT2D eigenvalue weighted by Crippen LogP contribution is 2.33. The first-order chi connectivity index (χ1) is 12.8. The predicted molar refractivity (Wildman–Crippen MR) is 90.8 cm³/mol. The van der Waals surface area contributed by atoms with E-state index in [1.165, 1.54) is 6.33 Å². The molecule has 0 unspecified atom stereocenters. The Hall–Kier alpha value is -2.26. The summed E-state index contributed by atoms with van der Waals surface area (Å²) in [5, 5.41) is 4.65. The van der Waals surface area contributed by atoms with Crippen LogP contribution in [0.25, 0.3) is 11.1 Å². The molecule has 0 aliphatic carbocycles. The molecule has 3 saturated heterocycles. The standard InChI is InChI=1S/C17H21N5O4/c23-16(22-7-3-17(4-8-22)24-9-10-25-17)13-12-14(21-5-1-2-6-21)18-11-19-15(12)26-20-13/h11H,1-10H2. The molecule has 9 heteroatoms. The molecule has 9 nitrogen and oxygen atoms in total. The molecule has 3 aliphatic heterocycles. The van der Waals surface area contributed by atoms with Crippen molar-refractivity contribution in [2.24, 2.45) is 0 Å². The number of likely N-dealkylation sites (tertiary alicyclic amines) is 1. The highest BCUT2D eigenvalue weighted by Gasteiger charge is 2.41. The van der Waals surface area contributed by atoms with Crippen LogP contribution in [-0.4, -0.2) is 71.1 Å². The van der Waals surface area contributed by atoms with Crippen LogP contribution in [0.3, 0.4) is 0 Å². The van der Waals surface area contributed by atoms with Crippen LogP contribution < -0.4 is 4.90 Å². The molecule has 1 amide bonds. The van der Waals surface area contributed by atoms with Crippen LogP contribution in [0, 0.1) is 0 Å². The molecule has 0 atom stereocenters. The fraction of sp³-hybridized carbons (Fsp3) is 0.647. The van der Waals surface area contributed by atoms with Gasteiger partial charge in [0.15, 0.2) is 11.5 Å². The first kappa shape index (κ1) is 16.0. The largest absolute Gasteiger partial charge is 0.356 e. The quantitative estimate of drug-likeness (QED) is 0.789. The third kappa shape index (κ3) is 2.53. The van der Waals surface area contributed by atoms with Crippen molar-refractivity contribution < 1.29 is 18.8 Å². The molecule has 0 radical (unpaired) electrons. The number of hydrogen-bond donors (Lipinski definition) is 0. The zero-order chi connectivity index (χ0) is 17.6. The van der Waals surface area contributed by atoms with Crippen LogP contribution in [0.4, 0.5) is 5.82 Å². The topological polar surface area (TPSA) is 93.8 Å². The Morgan fingerprint density at radius 1 is 1.04 bits per heavy atom. The van der Waals surface area contributed by atoms with Gasteiger partial charge in [-0.1, -0.05) is 5.16 Å². The Kier molecular flexibility index (Phi) is 3.79. The lowest BCUT2D eigenvalue weighted by molar-refractivity contribution is -0.181. The van der Waals surface area contributed by atoms with Gasteiger partial charge >= 0.3 is 0 Å². The molecular weight excluding hydrogens is 338 g/mol. The Balaban J connectivity index is 1.43. The van der Waals surface area contributed by atoms with Crippen molar-refractivity contribution >= 4 is 22.8 Å². The highest BCUT2D eigenvalue weighted by atomic mass is 16.7. The van der Waals surface area contributed by atoms with Crippen LogP contribution in [0.15, 0.2) is 10.9 Å². The highest BCUT2D eigenvalue weighted by molar-refractivity contribution is 6.07. The van der Waals surface area contributed by atoms with Gasteiger partial charge in [0.05, 0.1) is 13.2 Å². The first-order valence-corrected chi connectivity index (χ1v) is 9.18. The van der Waals surface area contributed by atoms with E-state index in [2.05, 4.69) is 20.0 Å². The SMILES string of the molecule is O=C(c1noc2ncnc(N3CCCC3)c12)N1CCC2(CC1)OCCO2. The van der Waals surface area contributed by atoms with Crippen molar-refractivity contribution in [1.82, 2.24) is 20.0 Å². The van der Waals surface area contributed by atoms with Crippen LogP contribution >= 0.6 is 0 Å². The van der Waals surface area contributed by atoms with Gasteiger partial charge in [0, 0.05) is 39.0 Å². The Labute approximate surface area is 150 Å². The lowest BCUT2D eigenvalue weighted by Gasteiger charge is -2.37. The van der Waals surface area contributed by atoms with Gasteiger partial charge in [0.2, 0.25) is 0 Å². The number of amides is 1. The van der Waals surface area contributed by atoms with Crippen molar-refractivity contribution in [1.29, 1.82) is 0 Å². The summed E-state index contributed by atoms with van der Waals surface area (Å²) in [6.45, 7) is 4.23. The molecule has 138 valence electrons. The third-order valence-electron chi connectivity index (χ3n) is 5.49. The monoisotopic (exact) mass is 359 g/mol.